The Bertz CT molecular complexity index is 992. The number of nitrogen functional groups attached to an aromatic ring is 1. The van der Waals surface area contributed by atoms with Crippen molar-refractivity contribution < 1.29 is 39.2 Å². The molecular weight excluding hydrogens is 442 g/mol. The summed E-state index contributed by atoms with van der Waals surface area (Å²) in [7, 11) is 0. The monoisotopic (exact) mass is 473 g/mol. The van der Waals surface area contributed by atoms with Crippen LogP contribution in [0.5, 0.6) is 0 Å². The van der Waals surface area contributed by atoms with Crippen molar-refractivity contribution in [2.24, 2.45) is 5.41 Å². The van der Waals surface area contributed by atoms with Gasteiger partial charge in [-0.3, -0.25) is 19.2 Å². The largest absolute Gasteiger partial charge is 0.399 e. The van der Waals surface area contributed by atoms with Crippen molar-refractivity contribution in [1.29, 1.82) is 0 Å². The highest BCUT2D eigenvalue weighted by Crippen LogP contribution is 2.43. The molecule has 184 valence electrons. The van der Waals surface area contributed by atoms with Gasteiger partial charge in [0.25, 0.3) is 0 Å². The summed E-state index contributed by atoms with van der Waals surface area (Å²) in [5, 5.41) is 31.6. The topological polar surface area (TPSA) is 164 Å². The number of carbonyl (C=O) groups is 4. The van der Waals surface area contributed by atoms with Gasteiger partial charge in [-0.25, -0.2) is 0 Å². The molecule has 34 heavy (non-hydrogen) atoms. The summed E-state index contributed by atoms with van der Waals surface area (Å²) < 4.78 is 5.66. The maximum absolute atomic E-state index is 13.5. The Labute approximate surface area is 198 Å². The van der Waals surface area contributed by atoms with E-state index >= 15 is 0 Å². The summed E-state index contributed by atoms with van der Waals surface area (Å²) in [5.41, 5.74) is -0.0638. The number of benzene rings is 1. The summed E-state index contributed by atoms with van der Waals surface area (Å²) in [6.45, 7) is 10.8. The smallest absolute Gasteiger partial charge is 0.206 e. The van der Waals surface area contributed by atoms with Crippen LogP contribution in [0.4, 0.5) is 5.69 Å². The van der Waals surface area contributed by atoms with Crippen LogP contribution < -0.4 is 5.73 Å². The molecule has 0 saturated heterocycles. The van der Waals surface area contributed by atoms with Gasteiger partial charge in [-0.05, 0) is 61.8 Å². The predicted octanol–water partition coefficient (Wildman–Crippen LogP) is 0.974. The highest BCUT2D eigenvalue weighted by molar-refractivity contribution is 6.23. The predicted molar refractivity (Wildman–Crippen MR) is 126 cm³/mol. The molecule has 0 spiro atoms. The van der Waals surface area contributed by atoms with Crippen molar-refractivity contribution in [2.75, 3.05) is 25.6 Å². The molecule has 1 aromatic rings. The summed E-state index contributed by atoms with van der Waals surface area (Å²) in [5.74, 6) is -4.03. The van der Waals surface area contributed by atoms with Crippen LogP contribution in [0.15, 0.2) is 60.7 Å². The van der Waals surface area contributed by atoms with Crippen molar-refractivity contribution >= 4 is 28.8 Å². The summed E-state index contributed by atoms with van der Waals surface area (Å²) in [4.78, 5) is 52.4. The third-order valence-corrected chi connectivity index (χ3v) is 5.53. The Morgan fingerprint density at radius 1 is 0.912 bits per heavy atom. The van der Waals surface area contributed by atoms with Gasteiger partial charge in [-0.1, -0.05) is 19.7 Å². The van der Waals surface area contributed by atoms with E-state index in [-0.39, 0.29) is 22.3 Å². The SMILES string of the molecule is C=C(C)C(=O)C(O)C(CO)(CO)C(OCC(=O)c1ccc(N)cc1)(C(=O)C(=C)C)C(=O)C(=C)C. The molecule has 9 heteroatoms. The molecule has 1 atom stereocenters. The minimum Gasteiger partial charge on any atom is -0.399 e. The average Bonchev–Trinajstić information content (AvgIpc) is 2.80. The average molecular weight is 474 g/mol. The number of nitrogens with two attached hydrogens (primary N) is 1. The molecule has 5 N–H and O–H groups in total. The molecule has 0 bridgehead atoms. The Balaban J connectivity index is 3.85. The normalized spacial score (nSPS) is 12.5. The van der Waals surface area contributed by atoms with Crippen LogP contribution in [0.3, 0.4) is 0 Å². The first-order chi connectivity index (χ1) is 15.7. The van der Waals surface area contributed by atoms with Crippen LogP contribution in [-0.4, -0.2) is 70.0 Å². The number of hydrogen-bond acceptors (Lipinski definition) is 9. The number of aliphatic hydroxyl groups excluding tert-OH is 3. The first-order valence-corrected chi connectivity index (χ1v) is 10.3. The van der Waals surface area contributed by atoms with Crippen molar-refractivity contribution in [1.82, 2.24) is 0 Å². The molecule has 0 radical (unpaired) electrons. The van der Waals surface area contributed by atoms with Gasteiger partial charge in [0.15, 0.2) is 23.1 Å². The zero-order valence-electron chi connectivity index (χ0n) is 19.6. The Morgan fingerprint density at radius 3 is 1.71 bits per heavy atom. The van der Waals surface area contributed by atoms with Gasteiger partial charge in [0.05, 0.1) is 18.6 Å². The minimum atomic E-state index is -2.91. The van der Waals surface area contributed by atoms with Crippen molar-refractivity contribution in [3.05, 3.63) is 66.3 Å². The molecule has 1 rings (SSSR count). The lowest BCUT2D eigenvalue weighted by atomic mass is 9.61. The Morgan fingerprint density at radius 2 is 1.35 bits per heavy atom. The molecule has 1 unspecified atom stereocenters. The highest BCUT2D eigenvalue weighted by Gasteiger charge is 2.66. The molecule has 0 aliphatic carbocycles. The lowest BCUT2D eigenvalue weighted by Crippen LogP contribution is -2.70. The zero-order chi connectivity index (χ0) is 26.4. The molecule has 0 heterocycles. The molecule has 1 aromatic carbocycles. The van der Waals surface area contributed by atoms with Crippen molar-refractivity contribution in [3.63, 3.8) is 0 Å². The van der Waals surface area contributed by atoms with Gasteiger partial charge in [-0.2, -0.15) is 0 Å². The van der Waals surface area contributed by atoms with E-state index in [4.69, 9.17) is 10.5 Å². The van der Waals surface area contributed by atoms with E-state index in [2.05, 4.69) is 19.7 Å². The van der Waals surface area contributed by atoms with E-state index in [0.717, 1.165) is 0 Å². The van der Waals surface area contributed by atoms with Crippen LogP contribution in [-0.2, 0) is 19.1 Å². The van der Waals surface area contributed by atoms with Gasteiger partial charge in [0, 0.05) is 11.3 Å². The van der Waals surface area contributed by atoms with Crippen LogP contribution in [0.1, 0.15) is 31.1 Å². The first kappa shape index (κ1) is 28.8. The lowest BCUT2D eigenvalue weighted by molar-refractivity contribution is -0.202. The van der Waals surface area contributed by atoms with Crippen molar-refractivity contribution in [2.45, 2.75) is 32.5 Å². The lowest BCUT2D eigenvalue weighted by Gasteiger charge is -2.48. The summed E-state index contributed by atoms with van der Waals surface area (Å²) in [6, 6.07) is 5.71. The van der Waals surface area contributed by atoms with E-state index in [1.54, 1.807) is 0 Å². The molecule has 0 amide bonds. The van der Waals surface area contributed by atoms with Crippen molar-refractivity contribution in [3.8, 4) is 0 Å². The van der Waals surface area contributed by atoms with Gasteiger partial charge in [0.1, 0.15) is 12.7 Å². The first-order valence-electron chi connectivity index (χ1n) is 10.3. The van der Waals surface area contributed by atoms with E-state index in [9.17, 15) is 34.5 Å². The molecular formula is C25H31NO8. The van der Waals surface area contributed by atoms with E-state index in [0.29, 0.717) is 5.69 Å². The number of hydrogen-bond donors (Lipinski definition) is 4. The number of carbonyl (C=O) groups excluding carboxylic acids is 4. The van der Waals surface area contributed by atoms with E-state index < -0.39 is 60.1 Å². The molecule has 9 nitrogen and oxygen atoms in total. The molecule has 0 fully saturated rings. The van der Waals surface area contributed by atoms with Crippen LogP contribution in [0.25, 0.3) is 0 Å². The Hall–Kier alpha value is -3.24. The fraction of sp³-hybridized carbons (Fsp3) is 0.360. The quantitative estimate of drug-likeness (QED) is 0.133. The van der Waals surface area contributed by atoms with Crippen LogP contribution in [0, 0.1) is 5.41 Å². The number of anilines is 1. The number of ether oxygens (including phenoxy) is 1. The fourth-order valence-electron chi connectivity index (χ4n) is 3.48. The van der Waals surface area contributed by atoms with Crippen LogP contribution >= 0.6 is 0 Å². The van der Waals surface area contributed by atoms with E-state index in [1.165, 1.54) is 45.0 Å². The number of Topliss-reactive ketones (excluding diaryl/α,β-unsaturated/α-hetero) is 4. The maximum Gasteiger partial charge on any atom is 0.206 e. The second-order valence-corrected chi connectivity index (χ2v) is 8.25. The van der Waals surface area contributed by atoms with Gasteiger partial charge < -0.3 is 25.8 Å². The number of ketones is 4. The molecule has 0 aliphatic rings. The zero-order valence-corrected chi connectivity index (χ0v) is 19.6. The number of aliphatic hydroxyl groups is 3. The minimum absolute atomic E-state index is 0.130. The highest BCUT2D eigenvalue weighted by atomic mass is 16.5. The fourth-order valence-corrected chi connectivity index (χ4v) is 3.48. The van der Waals surface area contributed by atoms with Gasteiger partial charge in [-0.15, -0.1) is 0 Å². The maximum atomic E-state index is 13.5. The third-order valence-electron chi connectivity index (χ3n) is 5.53. The summed E-state index contributed by atoms with van der Waals surface area (Å²) in [6.07, 6.45) is -2.31. The van der Waals surface area contributed by atoms with Gasteiger partial charge >= 0.3 is 0 Å². The standard InChI is InChI=1S/C25H31NO8/c1-14(2)20(30)23(33)24(12-27,13-28)25(21(31)15(3)4,22(32)16(5)6)34-11-19(29)17-7-9-18(26)10-8-17/h7-10,23,27-28,33H,1,3,5,11-13,26H2,2,4,6H3. The second-order valence-electron chi connectivity index (χ2n) is 8.25. The number of rotatable bonds is 14. The second kappa shape index (κ2) is 11.3. The molecule has 0 saturated carbocycles. The van der Waals surface area contributed by atoms with Gasteiger partial charge in [0.2, 0.25) is 5.60 Å². The molecule has 0 aliphatic heterocycles. The van der Waals surface area contributed by atoms with E-state index in [1.807, 2.05) is 0 Å². The van der Waals surface area contributed by atoms with Crippen LogP contribution in [0.2, 0.25) is 0 Å². The molecule has 0 aromatic heterocycles. The third kappa shape index (κ3) is 5.13. The summed E-state index contributed by atoms with van der Waals surface area (Å²) >= 11 is 0. The Kier molecular flexibility index (Phi) is 9.53.